The van der Waals surface area contributed by atoms with Crippen LogP contribution in [-0.2, 0) is 0 Å². The second kappa shape index (κ2) is 10.8. The van der Waals surface area contributed by atoms with E-state index in [9.17, 15) is 0 Å². The maximum atomic E-state index is 5.53. The molecular weight excluding hydrogens is 408 g/mol. The van der Waals surface area contributed by atoms with E-state index < -0.39 is 0 Å². The van der Waals surface area contributed by atoms with Crippen molar-refractivity contribution in [1.29, 1.82) is 0 Å². The number of methoxy groups -OCH3 is 6. The minimum atomic E-state index is 0.454. The van der Waals surface area contributed by atoms with Gasteiger partial charge in [0.05, 0.1) is 42.7 Å². The molecule has 1 aliphatic rings. The summed E-state index contributed by atoms with van der Waals surface area (Å²) in [6.07, 6.45) is 11.0. The van der Waals surface area contributed by atoms with Crippen molar-refractivity contribution < 1.29 is 28.4 Å². The Labute approximate surface area is 190 Å². The molecule has 0 N–H and O–H groups in total. The molecule has 0 aliphatic heterocycles. The normalized spacial score (nSPS) is 17.8. The van der Waals surface area contributed by atoms with Gasteiger partial charge in [-0.05, 0) is 36.8 Å². The van der Waals surface area contributed by atoms with Gasteiger partial charge in [0.15, 0.2) is 23.0 Å². The number of benzene rings is 2. The zero-order valence-corrected chi connectivity index (χ0v) is 19.6. The van der Waals surface area contributed by atoms with Crippen molar-refractivity contribution >= 4 is 12.2 Å². The molecule has 0 amide bonds. The predicted molar refractivity (Wildman–Crippen MR) is 126 cm³/mol. The molecule has 0 unspecified atom stereocenters. The molecule has 3 rings (SSSR count). The Hall–Kier alpha value is -3.28. The van der Waals surface area contributed by atoms with E-state index in [1.54, 1.807) is 42.7 Å². The van der Waals surface area contributed by atoms with Gasteiger partial charge in [-0.25, -0.2) is 0 Å². The van der Waals surface area contributed by atoms with Crippen LogP contribution in [0.25, 0.3) is 12.2 Å². The topological polar surface area (TPSA) is 55.4 Å². The summed E-state index contributed by atoms with van der Waals surface area (Å²) in [5.41, 5.74) is 1.92. The van der Waals surface area contributed by atoms with Crippen LogP contribution in [0.1, 0.15) is 24.0 Å². The van der Waals surface area contributed by atoms with E-state index in [-0.39, 0.29) is 0 Å². The van der Waals surface area contributed by atoms with Crippen molar-refractivity contribution in [2.45, 2.75) is 12.8 Å². The lowest BCUT2D eigenvalue weighted by Crippen LogP contribution is -2.21. The van der Waals surface area contributed by atoms with Crippen LogP contribution in [0, 0.1) is 11.8 Å². The molecule has 1 aliphatic carbocycles. The highest BCUT2D eigenvalue weighted by atomic mass is 16.5. The lowest BCUT2D eigenvalue weighted by Gasteiger charge is -2.32. The zero-order chi connectivity index (χ0) is 23.1. The SMILES string of the molecule is COc1cc(OC)c(OC)cc1C=C[C@@H]1CC[C@H]1C=Cc1cc(OC)c(OC)cc1OC. The predicted octanol–water partition coefficient (Wildman–Crippen LogP) is 5.49. The van der Waals surface area contributed by atoms with Crippen molar-refractivity contribution in [3.8, 4) is 34.5 Å². The lowest BCUT2D eigenvalue weighted by molar-refractivity contribution is 0.288. The van der Waals surface area contributed by atoms with Crippen molar-refractivity contribution in [3.63, 3.8) is 0 Å². The van der Waals surface area contributed by atoms with Gasteiger partial charge in [-0.3, -0.25) is 0 Å². The third kappa shape index (κ3) is 4.96. The molecule has 32 heavy (non-hydrogen) atoms. The fourth-order valence-electron chi connectivity index (χ4n) is 3.85. The molecule has 2 aromatic rings. The number of hydrogen-bond donors (Lipinski definition) is 0. The highest BCUT2D eigenvalue weighted by Crippen LogP contribution is 2.41. The van der Waals surface area contributed by atoms with Crippen LogP contribution in [0.5, 0.6) is 34.5 Å². The zero-order valence-electron chi connectivity index (χ0n) is 19.6. The minimum Gasteiger partial charge on any atom is -0.496 e. The average Bonchev–Trinajstić information content (AvgIpc) is 2.82. The van der Waals surface area contributed by atoms with E-state index in [0.717, 1.165) is 35.5 Å². The van der Waals surface area contributed by atoms with Crippen LogP contribution in [0.2, 0.25) is 0 Å². The van der Waals surface area contributed by atoms with Crippen molar-refractivity contribution in [2.75, 3.05) is 42.7 Å². The van der Waals surface area contributed by atoms with E-state index >= 15 is 0 Å². The standard InChI is InChI=1S/C26H32O6/c1-27-21-15-25(31-5)23(29-3)13-19(21)11-9-17-7-8-18(17)10-12-20-14-24(30-4)26(32-6)16-22(20)28-2/h9-18H,7-8H2,1-6H3/t17-,18-/m0/s1. The summed E-state index contributed by atoms with van der Waals surface area (Å²) in [6.45, 7) is 0. The Morgan fingerprint density at radius 2 is 0.812 bits per heavy atom. The Bertz CT molecular complexity index is 899. The first-order chi connectivity index (χ1) is 15.6. The van der Waals surface area contributed by atoms with Crippen LogP contribution in [0.4, 0.5) is 0 Å². The number of hydrogen-bond acceptors (Lipinski definition) is 6. The van der Waals surface area contributed by atoms with Crippen molar-refractivity contribution in [2.24, 2.45) is 11.8 Å². The van der Waals surface area contributed by atoms with E-state index in [1.807, 2.05) is 24.3 Å². The van der Waals surface area contributed by atoms with Gasteiger partial charge < -0.3 is 28.4 Å². The minimum absolute atomic E-state index is 0.454. The highest BCUT2D eigenvalue weighted by molar-refractivity contribution is 5.65. The van der Waals surface area contributed by atoms with Crippen LogP contribution >= 0.6 is 0 Å². The van der Waals surface area contributed by atoms with Crippen LogP contribution in [0.15, 0.2) is 36.4 Å². The molecule has 0 bridgehead atoms. The van der Waals surface area contributed by atoms with Crippen LogP contribution < -0.4 is 28.4 Å². The van der Waals surface area contributed by atoms with Crippen LogP contribution in [0.3, 0.4) is 0 Å². The molecule has 0 heterocycles. The van der Waals surface area contributed by atoms with Gasteiger partial charge >= 0.3 is 0 Å². The maximum absolute atomic E-state index is 5.53. The average molecular weight is 441 g/mol. The molecule has 6 nitrogen and oxygen atoms in total. The smallest absolute Gasteiger partial charge is 0.164 e. The Morgan fingerprint density at radius 3 is 1.09 bits per heavy atom. The summed E-state index contributed by atoms with van der Waals surface area (Å²) in [6, 6.07) is 7.57. The molecule has 0 aromatic heterocycles. The highest BCUT2D eigenvalue weighted by Gasteiger charge is 2.26. The summed E-state index contributed by atoms with van der Waals surface area (Å²) < 4.78 is 32.7. The van der Waals surface area contributed by atoms with Gasteiger partial charge in [-0.2, -0.15) is 0 Å². The van der Waals surface area contributed by atoms with Crippen LogP contribution in [-0.4, -0.2) is 42.7 Å². The number of allylic oxidation sites excluding steroid dienone is 2. The summed E-state index contributed by atoms with van der Waals surface area (Å²) in [5, 5.41) is 0. The first kappa shape index (κ1) is 23.4. The molecule has 6 heteroatoms. The summed E-state index contributed by atoms with van der Waals surface area (Å²) in [7, 11) is 9.81. The fourth-order valence-corrected chi connectivity index (χ4v) is 3.85. The largest absolute Gasteiger partial charge is 0.496 e. The summed E-state index contributed by atoms with van der Waals surface area (Å²) in [4.78, 5) is 0. The van der Waals surface area contributed by atoms with Gasteiger partial charge in [0, 0.05) is 23.3 Å². The Morgan fingerprint density at radius 1 is 0.500 bits per heavy atom. The summed E-state index contributed by atoms with van der Waals surface area (Å²) in [5.74, 6) is 5.06. The van der Waals surface area contributed by atoms with Gasteiger partial charge in [-0.1, -0.05) is 24.3 Å². The van der Waals surface area contributed by atoms with E-state index in [0.29, 0.717) is 34.8 Å². The van der Waals surface area contributed by atoms with E-state index in [4.69, 9.17) is 28.4 Å². The molecule has 2 atom stereocenters. The van der Waals surface area contributed by atoms with Gasteiger partial charge in [0.25, 0.3) is 0 Å². The van der Waals surface area contributed by atoms with E-state index in [1.165, 1.54) is 0 Å². The van der Waals surface area contributed by atoms with Crippen molar-refractivity contribution in [1.82, 2.24) is 0 Å². The molecule has 2 aromatic carbocycles. The quantitative estimate of drug-likeness (QED) is 0.487. The number of ether oxygens (including phenoxy) is 6. The third-order valence-corrected chi connectivity index (χ3v) is 5.90. The Balaban J connectivity index is 1.77. The molecule has 0 saturated heterocycles. The molecule has 1 saturated carbocycles. The first-order valence-electron chi connectivity index (χ1n) is 10.5. The molecule has 0 spiro atoms. The summed E-state index contributed by atoms with van der Waals surface area (Å²) >= 11 is 0. The second-order valence-electron chi connectivity index (χ2n) is 7.52. The monoisotopic (exact) mass is 440 g/mol. The van der Waals surface area contributed by atoms with Gasteiger partial charge in [0.1, 0.15) is 11.5 Å². The number of rotatable bonds is 10. The molecule has 0 radical (unpaired) electrons. The first-order valence-corrected chi connectivity index (χ1v) is 10.5. The molecule has 172 valence electrons. The Kier molecular flexibility index (Phi) is 7.92. The second-order valence-corrected chi connectivity index (χ2v) is 7.52. The molecule has 1 fully saturated rings. The van der Waals surface area contributed by atoms with Gasteiger partial charge in [-0.15, -0.1) is 0 Å². The lowest BCUT2D eigenvalue weighted by atomic mass is 9.73. The maximum Gasteiger partial charge on any atom is 0.164 e. The third-order valence-electron chi connectivity index (χ3n) is 5.90. The van der Waals surface area contributed by atoms with Gasteiger partial charge in [0.2, 0.25) is 0 Å². The molecular formula is C26H32O6. The van der Waals surface area contributed by atoms with E-state index in [2.05, 4.69) is 24.3 Å². The van der Waals surface area contributed by atoms with Crippen molar-refractivity contribution in [3.05, 3.63) is 47.5 Å². The fraction of sp³-hybridized carbons (Fsp3) is 0.385.